The molecule has 0 spiro atoms. The Bertz CT molecular complexity index is 789. The molecule has 0 radical (unpaired) electrons. The summed E-state index contributed by atoms with van der Waals surface area (Å²) in [5.41, 5.74) is 0.521. The van der Waals surface area contributed by atoms with Gasteiger partial charge in [-0.3, -0.25) is 9.52 Å². The van der Waals surface area contributed by atoms with E-state index in [1.54, 1.807) is 6.07 Å². The van der Waals surface area contributed by atoms with Crippen molar-refractivity contribution in [2.45, 2.75) is 25.2 Å². The van der Waals surface area contributed by atoms with Crippen molar-refractivity contribution in [3.8, 4) is 0 Å². The predicted octanol–water partition coefficient (Wildman–Crippen LogP) is 2.06. The molecule has 0 bridgehead atoms. The Hall–Kier alpha value is -2.68. The monoisotopic (exact) mass is 349 g/mol. The molecule has 8 nitrogen and oxygen atoms in total. The van der Waals surface area contributed by atoms with Gasteiger partial charge in [0.25, 0.3) is 10.0 Å². The molecular weight excluding hydrogens is 330 g/mol. The van der Waals surface area contributed by atoms with Gasteiger partial charge in [-0.05, 0) is 42.8 Å². The van der Waals surface area contributed by atoms with Crippen molar-refractivity contribution in [1.82, 2.24) is 10.2 Å². The number of aromatic nitrogens is 2. The third-order valence-electron chi connectivity index (χ3n) is 2.94. The number of amides is 1. The first-order chi connectivity index (χ1) is 11.4. The molecule has 0 saturated carbocycles. The maximum Gasteiger partial charge on any atom is 0.263 e. The van der Waals surface area contributed by atoms with Crippen LogP contribution in [0.1, 0.15) is 20.3 Å². The molecule has 0 saturated heterocycles. The molecule has 1 heterocycles. The van der Waals surface area contributed by atoms with Gasteiger partial charge in [-0.15, -0.1) is 10.2 Å². The Kier molecular flexibility index (Phi) is 5.69. The van der Waals surface area contributed by atoms with Gasteiger partial charge in [0.1, 0.15) is 5.82 Å². The van der Waals surface area contributed by atoms with Crippen LogP contribution in [0, 0.1) is 0 Å². The minimum absolute atomic E-state index is 0.0617. The Morgan fingerprint density at radius 3 is 2.21 bits per heavy atom. The lowest BCUT2D eigenvalue weighted by atomic mass is 10.3. The molecule has 0 aliphatic rings. The highest BCUT2D eigenvalue weighted by Gasteiger charge is 2.15. The average Bonchev–Trinajstić information content (AvgIpc) is 2.54. The zero-order valence-corrected chi connectivity index (χ0v) is 14.2. The summed E-state index contributed by atoms with van der Waals surface area (Å²) in [6.45, 7) is 4.17. The van der Waals surface area contributed by atoms with Crippen molar-refractivity contribution < 1.29 is 13.2 Å². The first-order valence-electron chi connectivity index (χ1n) is 7.39. The van der Waals surface area contributed by atoms with Crippen LogP contribution >= 0.6 is 0 Å². The molecule has 0 fully saturated rings. The largest absolute Gasteiger partial charge is 0.369 e. The van der Waals surface area contributed by atoms with Crippen LogP contribution in [0.3, 0.4) is 0 Å². The predicted molar refractivity (Wildman–Crippen MR) is 92.4 cm³/mol. The molecule has 1 amide bonds. The van der Waals surface area contributed by atoms with Gasteiger partial charge in [-0.2, -0.15) is 0 Å². The standard InChI is InChI=1S/C15H19N5O3S/c1-3-10-16-14-8-9-15(19-18-14)20-24(22,23)13-6-4-12(5-7-13)17-11(2)21/h4-9H,3,10H2,1-2H3,(H,16,18)(H,17,21)(H,19,20). The highest BCUT2D eigenvalue weighted by molar-refractivity contribution is 7.92. The molecule has 0 unspecified atom stereocenters. The molecule has 1 aromatic carbocycles. The third kappa shape index (κ3) is 4.92. The lowest BCUT2D eigenvalue weighted by Crippen LogP contribution is -2.15. The van der Waals surface area contributed by atoms with Gasteiger partial charge in [0.15, 0.2) is 5.82 Å². The van der Waals surface area contributed by atoms with Gasteiger partial charge >= 0.3 is 0 Å². The van der Waals surface area contributed by atoms with E-state index in [-0.39, 0.29) is 16.6 Å². The lowest BCUT2D eigenvalue weighted by molar-refractivity contribution is -0.114. The number of benzene rings is 1. The number of rotatable bonds is 7. The summed E-state index contributed by atoms with van der Waals surface area (Å²) < 4.78 is 27.0. The van der Waals surface area contributed by atoms with Gasteiger partial charge in [-0.1, -0.05) is 6.92 Å². The van der Waals surface area contributed by atoms with E-state index in [2.05, 4.69) is 25.6 Å². The zero-order chi connectivity index (χ0) is 17.6. The fourth-order valence-electron chi connectivity index (χ4n) is 1.85. The van der Waals surface area contributed by atoms with Crippen LogP contribution in [0.15, 0.2) is 41.3 Å². The van der Waals surface area contributed by atoms with Gasteiger partial charge in [0.2, 0.25) is 5.91 Å². The van der Waals surface area contributed by atoms with Crippen molar-refractivity contribution >= 4 is 33.3 Å². The molecule has 0 aliphatic carbocycles. The second-order valence-electron chi connectivity index (χ2n) is 5.04. The Labute approximate surface area is 140 Å². The summed E-state index contributed by atoms with van der Waals surface area (Å²) in [7, 11) is -3.77. The first-order valence-corrected chi connectivity index (χ1v) is 8.87. The Morgan fingerprint density at radius 2 is 1.67 bits per heavy atom. The zero-order valence-electron chi connectivity index (χ0n) is 13.4. The molecule has 3 N–H and O–H groups in total. The summed E-state index contributed by atoms with van der Waals surface area (Å²) >= 11 is 0. The molecule has 9 heteroatoms. The van der Waals surface area contributed by atoms with E-state index in [9.17, 15) is 13.2 Å². The van der Waals surface area contributed by atoms with E-state index in [1.165, 1.54) is 37.3 Å². The van der Waals surface area contributed by atoms with Crippen molar-refractivity contribution in [2.24, 2.45) is 0 Å². The fourth-order valence-corrected chi connectivity index (χ4v) is 2.85. The topological polar surface area (TPSA) is 113 Å². The maximum atomic E-state index is 12.3. The second kappa shape index (κ2) is 7.73. The van der Waals surface area contributed by atoms with Gasteiger partial charge < -0.3 is 10.6 Å². The molecule has 24 heavy (non-hydrogen) atoms. The Balaban J connectivity index is 2.08. The highest BCUT2D eigenvalue weighted by atomic mass is 32.2. The number of nitrogens with one attached hydrogen (secondary N) is 3. The van der Waals surface area contributed by atoms with Crippen molar-refractivity contribution in [3.63, 3.8) is 0 Å². The number of hydrogen-bond donors (Lipinski definition) is 3. The van der Waals surface area contributed by atoms with E-state index >= 15 is 0 Å². The van der Waals surface area contributed by atoms with E-state index in [4.69, 9.17) is 0 Å². The minimum atomic E-state index is -3.77. The lowest BCUT2D eigenvalue weighted by Gasteiger charge is -2.09. The number of anilines is 3. The number of hydrogen-bond acceptors (Lipinski definition) is 6. The molecular formula is C15H19N5O3S. The number of nitrogens with zero attached hydrogens (tertiary/aromatic N) is 2. The van der Waals surface area contributed by atoms with E-state index in [1.807, 2.05) is 6.92 Å². The van der Waals surface area contributed by atoms with Crippen LogP contribution in [0.5, 0.6) is 0 Å². The number of carbonyl (C=O) groups is 1. The minimum Gasteiger partial charge on any atom is -0.369 e. The summed E-state index contributed by atoms with van der Waals surface area (Å²) in [5, 5.41) is 13.4. The molecule has 0 aliphatic heterocycles. The van der Waals surface area contributed by atoms with Crippen molar-refractivity contribution in [3.05, 3.63) is 36.4 Å². The summed E-state index contributed by atoms with van der Waals surface area (Å²) in [5.74, 6) is 0.484. The summed E-state index contributed by atoms with van der Waals surface area (Å²) in [6.07, 6.45) is 0.949. The molecule has 2 rings (SSSR count). The van der Waals surface area contributed by atoms with Crippen molar-refractivity contribution in [1.29, 1.82) is 0 Å². The van der Waals surface area contributed by atoms with E-state index in [0.717, 1.165) is 13.0 Å². The average molecular weight is 349 g/mol. The van der Waals surface area contributed by atoms with Gasteiger partial charge in [0.05, 0.1) is 4.90 Å². The normalized spacial score (nSPS) is 10.9. The molecule has 2 aromatic rings. The third-order valence-corrected chi connectivity index (χ3v) is 4.32. The second-order valence-corrected chi connectivity index (χ2v) is 6.72. The summed E-state index contributed by atoms with van der Waals surface area (Å²) in [4.78, 5) is 11.0. The number of sulfonamides is 1. The Morgan fingerprint density at radius 1 is 1.04 bits per heavy atom. The quantitative estimate of drug-likeness (QED) is 0.705. The van der Waals surface area contributed by atoms with Crippen molar-refractivity contribution in [2.75, 3.05) is 21.9 Å². The number of carbonyl (C=O) groups excluding carboxylic acids is 1. The molecule has 1 aromatic heterocycles. The van der Waals surface area contributed by atoms with Crippen LogP contribution < -0.4 is 15.4 Å². The SMILES string of the molecule is CCCNc1ccc(NS(=O)(=O)c2ccc(NC(C)=O)cc2)nn1. The van der Waals surface area contributed by atoms with Gasteiger partial charge in [-0.25, -0.2) is 8.42 Å². The first kappa shape index (κ1) is 17.7. The van der Waals surface area contributed by atoms with E-state index in [0.29, 0.717) is 11.5 Å². The molecule has 0 atom stereocenters. The smallest absolute Gasteiger partial charge is 0.263 e. The van der Waals surface area contributed by atoms with Gasteiger partial charge in [0, 0.05) is 19.2 Å². The van der Waals surface area contributed by atoms with Crippen LogP contribution in [0.25, 0.3) is 0 Å². The summed E-state index contributed by atoms with van der Waals surface area (Å²) in [6, 6.07) is 9.02. The van der Waals surface area contributed by atoms with Crippen LogP contribution in [-0.4, -0.2) is 31.1 Å². The molecule has 128 valence electrons. The highest BCUT2D eigenvalue weighted by Crippen LogP contribution is 2.17. The van der Waals surface area contributed by atoms with E-state index < -0.39 is 10.0 Å². The maximum absolute atomic E-state index is 12.3. The van der Waals surface area contributed by atoms with Crippen LogP contribution in [0.2, 0.25) is 0 Å². The van der Waals surface area contributed by atoms with Crippen LogP contribution in [0.4, 0.5) is 17.3 Å². The van der Waals surface area contributed by atoms with Crippen LogP contribution in [-0.2, 0) is 14.8 Å². The fraction of sp³-hybridized carbons (Fsp3) is 0.267.